The van der Waals surface area contributed by atoms with Gasteiger partial charge in [-0.05, 0) is 35.0 Å². The van der Waals surface area contributed by atoms with Crippen molar-refractivity contribution in [2.45, 2.75) is 78.1 Å². The van der Waals surface area contributed by atoms with Crippen LogP contribution in [0.4, 0.5) is 0 Å². The van der Waals surface area contributed by atoms with Gasteiger partial charge < -0.3 is 26.8 Å². The molecule has 1 saturated heterocycles. The highest BCUT2D eigenvalue weighted by Gasteiger charge is 2.69. The lowest BCUT2D eigenvalue weighted by molar-refractivity contribution is -0.144. The molecule has 1 aliphatic heterocycles. The Kier molecular flexibility index (Phi) is 5.49. The lowest BCUT2D eigenvalue weighted by Crippen LogP contribution is -2.59. The first-order valence-corrected chi connectivity index (χ1v) is 10.6. The van der Waals surface area contributed by atoms with Gasteiger partial charge in [0.25, 0.3) is 0 Å². The Hall–Kier alpha value is -1.67. The SMILES string of the molecule is CC1(C)C2CN(C(=O)[C@@H](N)C(C)(C)C)[C@H](C(=O)NC(CC3CC3)C(O)C(N)=O)C21. The fraction of sp³-hybridized carbons (Fsp3) is 0.857. The number of carbonyl (C=O) groups is 3. The third-order valence-electron chi connectivity index (χ3n) is 7.24. The van der Waals surface area contributed by atoms with Crippen LogP contribution in [0.25, 0.3) is 0 Å². The first-order valence-electron chi connectivity index (χ1n) is 10.6. The predicted octanol–water partition coefficient (Wildman–Crippen LogP) is -0.0261. The molecule has 8 heteroatoms. The van der Waals surface area contributed by atoms with Gasteiger partial charge in [-0.3, -0.25) is 14.4 Å². The smallest absolute Gasteiger partial charge is 0.248 e. The summed E-state index contributed by atoms with van der Waals surface area (Å²) in [6.07, 6.45) is 1.11. The van der Waals surface area contributed by atoms with Crippen LogP contribution in [0.1, 0.15) is 53.9 Å². The third kappa shape index (κ3) is 4.14. The molecule has 8 nitrogen and oxygen atoms in total. The molecule has 3 rings (SSSR count). The zero-order valence-electron chi connectivity index (χ0n) is 18.1. The first kappa shape index (κ1) is 22.0. The van der Waals surface area contributed by atoms with E-state index in [1.807, 2.05) is 20.8 Å². The molecule has 0 aromatic rings. The summed E-state index contributed by atoms with van der Waals surface area (Å²) in [6.45, 7) is 10.4. The number of piperidine rings is 1. The Morgan fingerprint density at radius 2 is 1.83 bits per heavy atom. The van der Waals surface area contributed by atoms with Gasteiger partial charge in [0.2, 0.25) is 17.7 Å². The van der Waals surface area contributed by atoms with Crippen LogP contribution in [0.15, 0.2) is 0 Å². The number of nitrogens with zero attached hydrogens (tertiary/aromatic N) is 1. The summed E-state index contributed by atoms with van der Waals surface area (Å²) in [5.74, 6) is -0.730. The Balaban J connectivity index is 1.79. The Bertz CT molecular complexity index is 697. The van der Waals surface area contributed by atoms with Crippen LogP contribution < -0.4 is 16.8 Å². The van der Waals surface area contributed by atoms with E-state index in [4.69, 9.17) is 11.5 Å². The quantitative estimate of drug-likeness (QED) is 0.469. The number of carbonyl (C=O) groups excluding carboxylic acids is 3. The average molecular weight is 409 g/mol. The number of likely N-dealkylation sites (tertiary alicyclic amines) is 1. The molecule has 164 valence electrons. The standard InChI is InChI=1S/C21H36N4O4/c1-20(2,3)16(22)19(29)25-9-11-13(21(11,4)5)14(25)18(28)24-12(8-10-6-7-10)15(26)17(23)27/h10-16,26H,6-9,22H2,1-5H3,(H2,23,27)(H,24,28)/t11?,12?,13?,14-,15?,16+/m0/s1. The minimum absolute atomic E-state index is 0.0289. The fourth-order valence-electron chi connectivity index (χ4n) is 4.81. The minimum Gasteiger partial charge on any atom is -0.381 e. The average Bonchev–Trinajstić information content (AvgIpc) is 3.45. The summed E-state index contributed by atoms with van der Waals surface area (Å²) in [5, 5.41) is 13.1. The predicted molar refractivity (Wildman–Crippen MR) is 108 cm³/mol. The third-order valence-corrected chi connectivity index (χ3v) is 7.24. The zero-order chi connectivity index (χ0) is 21.9. The molecule has 2 aliphatic carbocycles. The van der Waals surface area contributed by atoms with Crippen molar-refractivity contribution < 1.29 is 19.5 Å². The van der Waals surface area contributed by atoms with Crippen molar-refractivity contribution in [3.63, 3.8) is 0 Å². The molecular weight excluding hydrogens is 372 g/mol. The number of nitrogens with one attached hydrogen (secondary N) is 1. The van der Waals surface area contributed by atoms with Crippen LogP contribution in [0.2, 0.25) is 0 Å². The van der Waals surface area contributed by atoms with E-state index < -0.39 is 35.6 Å². The van der Waals surface area contributed by atoms with E-state index in [2.05, 4.69) is 19.2 Å². The van der Waals surface area contributed by atoms with Crippen LogP contribution in [0.5, 0.6) is 0 Å². The summed E-state index contributed by atoms with van der Waals surface area (Å²) < 4.78 is 0. The lowest BCUT2D eigenvalue weighted by atomic mass is 9.86. The van der Waals surface area contributed by atoms with E-state index in [0.29, 0.717) is 18.9 Å². The number of aliphatic hydroxyl groups excluding tert-OH is 1. The Labute approximate surface area is 172 Å². The van der Waals surface area contributed by atoms with Crippen LogP contribution in [-0.2, 0) is 14.4 Å². The van der Waals surface area contributed by atoms with Crippen LogP contribution >= 0.6 is 0 Å². The van der Waals surface area contributed by atoms with Crippen molar-refractivity contribution in [2.75, 3.05) is 6.54 Å². The highest BCUT2D eigenvalue weighted by Crippen LogP contribution is 2.65. The van der Waals surface area contributed by atoms with E-state index in [1.54, 1.807) is 4.90 Å². The Morgan fingerprint density at radius 1 is 1.24 bits per heavy atom. The number of hydrogen-bond acceptors (Lipinski definition) is 5. The van der Waals surface area contributed by atoms with Gasteiger partial charge in [0.15, 0.2) is 6.10 Å². The second kappa shape index (κ2) is 7.23. The number of hydrogen-bond donors (Lipinski definition) is 4. The van der Waals surface area contributed by atoms with Crippen molar-refractivity contribution in [1.82, 2.24) is 10.2 Å². The van der Waals surface area contributed by atoms with Gasteiger partial charge in [-0.25, -0.2) is 0 Å². The number of primary amides is 1. The van der Waals surface area contributed by atoms with Crippen molar-refractivity contribution in [1.29, 1.82) is 0 Å². The summed E-state index contributed by atoms with van der Waals surface area (Å²) in [7, 11) is 0. The highest BCUT2D eigenvalue weighted by atomic mass is 16.3. The lowest BCUT2D eigenvalue weighted by Gasteiger charge is -2.36. The molecule has 0 radical (unpaired) electrons. The van der Waals surface area contributed by atoms with Gasteiger partial charge >= 0.3 is 0 Å². The van der Waals surface area contributed by atoms with Crippen molar-refractivity contribution in [3.05, 3.63) is 0 Å². The maximum Gasteiger partial charge on any atom is 0.248 e. The molecule has 3 amide bonds. The number of nitrogens with two attached hydrogens (primary N) is 2. The molecule has 0 spiro atoms. The Morgan fingerprint density at radius 3 is 2.31 bits per heavy atom. The van der Waals surface area contributed by atoms with E-state index in [0.717, 1.165) is 12.8 Å². The van der Waals surface area contributed by atoms with Gasteiger partial charge in [-0.1, -0.05) is 47.5 Å². The zero-order valence-corrected chi connectivity index (χ0v) is 18.1. The fourth-order valence-corrected chi connectivity index (χ4v) is 4.81. The van der Waals surface area contributed by atoms with E-state index in [-0.39, 0.29) is 29.1 Å². The second-order valence-corrected chi connectivity index (χ2v) is 10.9. The topological polar surface area (TPSA) is 139 Å². The molecular formula is C21H36N4O4. The second-order valence-electron chi connectivity index (χ2n) is 10.9. The normalized spacial score (nSPS) is 30.9. The molecule has 2 saturated carbocycles. The van der Waals surface area contributed by atoms with Crippen molar-refractivity contribution in [3.8, 4) is 0 Å². The van der Waals surface area contributed by atoms with E-state index >= 15 is 0 Å². The van der Waals surface area contributed by atoms with E-state index in [9.17, 15) is 19.5 Å². The van der Waals surface area contributed by atoms with Crippen LogP contribution in [0.3, 0.4) is 0 Å². The number of fused-ring (bicyclic) bond motifs is 1. The van der Waals surface area contributed by atoms with Gasteiger partial charge in [-0.2, -0.15) is 0 Å². The maximum atomic E-state index is 13.3. The summed E-state index contributed by atoms with van der Waals surface area (Å²) >= 11 is 0. The monoisotopic (exact) mass is 408 g/mol. The molecule has 0 aromatic heterocycles. The molecule has 0 aromatic carbocycles. The molecule has 6 N–H and O–H groups in total. The van der Waals surface area contributed by atoms with Gasteiger partial charge in [0.1, 0.15) is 6.04 Å². The summed E-state index contributed by atoms with van der Waals surface area (Å²) in [4.78, 5) is 39.5. The van der Waals surface area contributed by atoms with Crippen LogP contribution in [-0.4, -0.2) is 58.5 Å². The molecule has 29 heavy (non-hydrogen) atoms. The molecule has 3 aliphatic rings. The largest absolute Gasteiger partial charge is 0.381 e. The molecule has 1 heterocycles. The van der Waals surface area contributed by atoms with Gasteiger partial charge in [-0.15, -0.1) is 0 Å². The van der Waals surface area contributed by atoms with Crippen molar-refractivity contribution >= 4 is 17.7 Å². The minimum atomic E-state index is -1.44. The molecule has 3 fully saturated rings. The summed E-state index contributed by atoms with van der Waals surface area (Å²) in [5.41, 5.74) is 11.0. The van der Waals surface area contributed by atoms with Crippen LogP contribution in [0, 0.1) is 28.6 Å². The first-order chi connectivity index (χ1) is 13.3. The molecule has 4 unspecified atom stereocenters. The highest BCUT2D eigenvalue weighted by molar-refractivity contribution is 5.92. The van der Waals surface area contributed by atoms with E-state index in [1.165, 1.54) is 0 Å². The number of amides is 3. The summed E-state index contributed by atoms with van der Waals surface area (Å²) in [6, 6.07) is -2.09. The maximum absolute atomic E-state index is 13.3. The van der Waals surface area contributed by atoms with Gasteiger partial charge in [0.05, 0.1) is 12.1 Å². The van der Waals surface area contributed by atoms with Gasteiger partial charge in [0, 0.05) is 6.54 Å². The number of aliphatic hydroxyl groups is 1. The number of rotatable bonds is 7. The molecule has 0 bridgehead atoms. The van der Waals surface area contributed by atoms with Crippen molar-refractivity contribution in [2.24, 2.45) is 40.1 Å². The molecule has 6 atom stereocenters.